The number of ether oxygens (including phenoxy) is 1. The molecule has 0 radical (unpaired) electrons. The van der Waals surface area contributed by atoms with Crippen molar-refractivity contribution in [2.75, 3.05) is 13.7 Å². The fraction of sp³-hybridized carbons (Fsp3) is 0.438. The maximum Gasteiger partial charge on any atom is 0.252 e. The number of amides is 1. The van der Waals surface area contributed by atoms with E-state index < -0.39 is 0 Å². The molecule has 20 heavy (non-hydrogen) atoms. The molecule has 1 aromatic carbocycles. The summed E-state index contributed by atoms with van der Waals surface area (Å²) in [5.74, 6) is 5.63. The fourth-order valence-electron chi connectivity index (χ4n) is 2.56. The predicted octanol–water partition coefficient (Wildman–Crippen LogP) is 1.29. The first kappa shape index (κ1) is 14.6. The first-order chi connectivity index (χ1) is 9.76. The van der Waals surface area contributed by atoms with Gasteiger partial charge in [-0.3, -0.25) is 4.79 Å². The van der Waals surface area contributed by atoms with Gasteiger partial charge in [0, 0.05) is 12.7 Å². The smallest absolute Gasteiger partial charge is 0.252 e. The van der Waals surface area contributed by atoms with Crippen LogP contribution in [0.4, 0.5) is 0 Å². The zero-order valence-electron chi connectivity index (χ0n) is 11.7. The van der Waals surface area contributed by atoms with Crippen molar-refractivity contribution in [3.8, 4) is 11.8 Å². The average Bonchev–Trinajstić information content (AvgIpc) is 2.92. The van der Waals surface area contributed by atoms with Crippen LogP contribution in [0.15, 0.2) is 24.3 Å². The molecule has 2 rings (SSSR count). The van der Waals surface area contributed by atoms with Crippen molar-refractivity contribution in [1.82, 2.24) is 5.32 Å². The third-order valence-electron chi connectivity index (χ3n) is 3.57. The summed E-state index contributed by atoms with van der Waals surface area (Å²) < 4.78 is 5.40. The number of rotatable bonds is 3. The summed E-state index contributed by atoms with van der Waals surface area (Å²) in [5.41, 5.74) is 6.68. The molecule has 2 unspecified atom stereocenters. The van der Waals surface area contributed by atoms with Crippen LogP contribution in [0.3, 0.4) is 0 Å². The molecule has 0 spiro atoms. The highest BCUT2D eigenvalue weighted by molar-refractivity contribution is 5.97. The van der Waals surface area contributed by atoms with Gasteiger partial charge in [-0.2, -0.15) is 0 Å². The molecule has 0 heterocycles. The monoisotopic (exact) mass is 272 g/mol. The number of hydrogen-bond donors (Lipinski definition) is 2. The van der Waals surface area contributed by atoms with Crippen LogP contribution in [-0.4, -0.2) is 31.7 Å². The van der Waals surface area contributed by atoms with Crippen LogP contribution in [0.1, 0.15) is 35.2 Å². The third kappa shape index (κ3) is 3.38. The summed E-state index contributed by atoms with van der Waals surface area (Å²) in [6, 6.07) is 7.41. The Kier molecular flexibility index (Phi) is 5.16. The van der Waals surface area contributed by atoms with E-state index in [-0.39, 0.29) is 24.6 Å². The predicted molar refractivity (Wildman–Crippen MR) is 78.3 cm³/mol. The van der Waals surface area contributed by atoms with Crippen LogP contribution in [0.25, 0.3) is 0 Å². The lowest BCUT2D eigenvalue weighted by atomic mass is 10.1. The van der Waals surface area contributed by atoms with Gasteiger partial charge >= 0.3 is 0 Å². The molecule has 4 heteroatoms. The molecule has 0 bridgehead atoms. The van der Waals surface area contributed by atoms with Crippen molar-refractivity contribution >= 4 is 5.91 Å². The average molecular weight is 272 g/mol. The topological polar surface area (TPSA) is 64.3 Å². The van der Waals surface area contributed by atoms with Gasteiger partial charge in [-0.1, -0.05) is 24.0 Å². The molecule has 1 saturated carbocycles. The molecular formula is C16H20N2O2. The Bertz CT molecular complexity index is 531. The van der Waals surface area contributed by atoms with E-state index in [9.17, 15) is 4.79 Å². The molecule has 106 valence electrons. The summed E-state index contributed by atoms with van der Waals surface area (Å²) in [6.45, 7) is 0.282. The third-order valence-corrected chi connectivity index (χ3v) is 3.57. The summed E-state index contributed by atoms with van der Waals surface area (Å²) in [5, 5.41) is 3.05. The molecular weight excluding hydrogens is 252 g/mol. The second-order valence-corrected chi connectivity index (χ2v) is 4.84. The normalized spacial score (nSPS) is 21.1. The lowest BCUT2D eigenvalue weighted by Crippen LogP contribution is -2.40. The molecule has 4 nitrogen and oxygen atoms in total. The SMILES string of the molecule is COC1CCCC1NC(=O)c1ccccc1C#CCN. The highest BCUT2D eigenvalue weighted by Crippen LogP contribution is 2.22. The first-order valence-electron chi connectivity index (χ1n) is 6.88. The van der Waals surface area contributed by atoms with Gasteiger partial charge < -0.3 is 15.8 Å². The number of nitrogens with one attached hydrogen (secondary N) is 1. The molecule has 1 aromatic rings. The highest BCUT2D eigenvalue weighted by Gasteiger charge is 2.28. The van der Waals surface area contributed by atoms with Crippen LogP contribution in [-0.2, 0) is 4.74 Å². The minimum absolute atomic E-state index is 0.0861. The summed E-state index contributed by atoms with van der Waals surface area (Å²) >= 11 is 0. The molecule has 0 saturated heterocycles. The van der Waals surface area contributed by atoms with Crippen molar-refractivity contribution in [3.05, 3.63) is 35.4 Å². The zero-order chi connectivity index (χ0) is 14.4. The molecule has 1 aliphatic rings. The van der Waals surface area contributed by atoms with E-state index >= 15 is 0 Å². The number of nitrogens with two attached hydrogens (primary N) is 1. The van der Waals surface area contributed by atoms with Gasteiger partial charge in [0.05, 0.1) is 24.3 Å². The van der Waals surface area contributed by atoms with Crippen LogP contribution < -0.4 is 11.1 Å². The van der Waals surface area contributed by atoms with Crippen LogP contribution in [0.2, 0.25) is 0 Å². The van der Waals surface area contributed by atoms with Crippen molar-refractivity contribution < 1.29 is 9.53 Å². The van der Waals surface area contributed by atoms with Gasteiger partial charge in [0.25, 0.3) is 5.91 Å². The zero-order valence-corrected chi connectivity index (χ0v) is 11.7. The van der Waals surface area contributed by atoms with E-state index in [2.05, 4.69) is 17.2 Å². The van der Waals surface area contributed by atoms with E-state index in [4.69, 9.17) is 10.5 Å². The minimum Gasteiger partial charge on any atom is -0.379 e. The summed E-state index contributed by atoms with van der Waals surface area (Å²) in [6.07, 6.45) is 3.15. The lowest BCUT2D eigenvalue weighted by Gasteiger charge is -2.20. The Balaban J connectivity index is 2.13. The van der Waals surface area contributed by atoms with Crippen molar-refractivity contribution in [2.45, 2.75) is 31.4 Å². The molecule has 1 aliphatic carbocycles. The molecule has 2 atom stereocenters. The number of methoxy groups -OCH3 is 1. The number of carbonyl (C=O) groups excluding carboxylic acids is 1. The van der Waals surface area contributed by atoms with E-state index in [1.165, 1.54) is 0 Å². The molecule has 0 aromatic heterocycles. The van der Waals surface area contributed by atoms with Crippen LogP contribution in [0.5, 0.6) is 0 Å². The van der Waals surface area contributed by atoms with E-state index in [0.717, 1.165) is 19.3 Å². The Morgan fingerprint density at radius 1 is 1.45 bits per heavy atom. The second kappa shape index (κ2) is 7.09. The second-order valence-electron chi connectivity index (χ2n) is 4.84. The van der Waals surface area contributed by atoms with Gasteiger partial charge in [0.1, 0.15) is 0 Å². The summed E-state index contributed by atoms with van der Waals surface area (Å²) in [7, 11) is 1.69. The van der Waals surface area contributed by atoms with E-state index in [0.29, 0.717) is 11.1 Å². The number of carbonyl (C=O) groups is 1. The largest absolute Gasteiger partial charge is 0.379 e. The molecule has 1 fully saturated rings. The Morgan fingerprint density at radius 3 is 3.00 bits per heavy atom. The minimum atomic E-state index is -0.0964. The lowest BCUT2D eigenvalue weighted by molar-refractivity contribution is 0.0722. The maximum absolute atomic E-state index is 12.4. The Hall–Kier alpha value is -1.83. The quantitative estimate of drug-likeness (QED) is 0.815. The standard InChI is InChI=1S/C16H20N2O2/c1-20-15-10-4-9-14(15)18-16(19)13-8-3-2-6-12(13)7-5-11-17/h2-3,6,8,14-15H,4,9-11,17H2,1H3,(H,18,19). The Labute approximate surface area is 119 Å². The fourth-order valence-corrected chi connectivity index (χ4v) is 2.56. The van der Waals surface area contributed by atoms with Crippen LogP contribution in [0, 0.1) is 11.8 Å². The van der Waals surface area contributed by atoms with E-state index in [1.807, 2.05) is 18.2 Å². The first-order valence-corrected chi connectivity index (χ1v) is 6.88. The number of hydrogen-bond acceptors (Lipinski definition) is 3. The van der Waals surface area contributed by atoms with Crippen LogP contribution >= 0.6 is 0 Å². The molecule has 3 N–H and O–H groups in total. The number of benzene rings is 1. The molecule has 1 amide bonds. The van der Waals surface area contributed by atoms with Crippen molar-refractivity contribution in [2.24, 2.45) is 5.73 Å². The van der Waals surface area contributed by atoms with Gasteiger partial charge in [0.15, 0.2) is 0 Å². The van der Waals surface area contributed by atoms with Gasteiger partial charge in [0.2, 0.25) is 0 Å². The van der Waals surface area contributed by atoms with Crippen molar-refractivity contribution in [3.63, 3.8) is 0 Å². The highest BCUT2D eigenvalue weighted by atomic mass is 16.5. The van der Waals surface area contributed by atoms with Gasteiger partial charge in [-0.15, -0.1) is 0 Å². The van der Waals surface area contributed by atoms with Crippen molar-refractivity contribution in [1.29, 1.82) is 0 Å². The van der Waals surface area contributed by atoms with E-state index in [1.54, 1.807) is 13.2 Å². The van der Waals surface area contributed by atoms with Gasteiger partial charge in [-0.05, 0) is 31.4 Å². The van der Waals surface area contributed by atoms with Gasteiger partial charge in [-0.25, -0.2) is 0 Å². The molecule has 0 aliphatic heterocycles. The maximum atomic E-state index is 12.4. The Morgan fingerprint density at radius 2 is 2.25 bits per heavy atom. The summed E-state index contributed by atoms with van der Waals surface area (Å²) in [4.78, 5) is 12.4.